The van der Waals surface area contributed by atoms with E-state index in [1.807, 2.05) is 43.3 Å². The average Bonchev–Trinajstić information content (AvgIpc) is 2.74. The van der Waals surface area contributed by atoms with Gasteiger partial charge < -0.3 is 15.0 Å². The zero-order chi connectivity index (χ0) is 19.5. The van der Waals surface area contributed by atoms with Crippen LogP contribution in [-0.4, -0.2) is 49.6 Å². The molecule has 2 atom stereocenters. The van der Waals surface area contributed by atoms with Crippen molar-refractivity contribution in [3.05, 3.63) is 59.9 Å². The van der Waals surface area contributed by atoms with Crippen LogP contribution in [0.3, 0.4) is 0 Å². The molecule has 0 saturated carbocycles. The molecule has 1 N–H and O–H groups in total. The average molecular weight is 383 g/mol. The molecule has 1 amide bonds. The van der Waals surface area contributed by atoms with Gasteiger partial charge in [-0.25, -0.2) is 4.39 Å². The first-order chi connectivity index (χ1) is 13.6. The number of anilines is 1. The van der Waals surface area contributed by atoms with E-state index in [0.717, 1.165) is 49.6 Å². The Bertz CT molecular complexity index is 819. The predicted octanol–water partition coefficient (Wildman–Crippen LogP) is 2.98. The molecule has 28 heavy (non-hydrogen) atoms. The number of rotatable bonds is 4. The molecule has 0 bridgehead atoms. The molecular formula is C22H26FN3O2. The molecule has 2 heterocycles. The van der Waals surface area contributed by atoms with Gasteiger partial charge in [-0.3, -0.25) is 9.69 Å². The molecule has 1 fully saturated rings. The molecule has 4 rings (SSSR count). The molecule has 6 heteroatoms. The smallest absolute Gasteiger partial charge is 0.237 e. The fourth-order valence-electron chi connectivity index (χ4n) is 3.97. The Kier molecular flexibility index (Phi) is 5.48. The minimum absolute atomic E-state index is 0.000374. The van der Waals surface area contributed by atoms with Gasteiger partial charge >= 0.3 is 0 Å². The quantitative estimate of drug-likeness (QED) is 0.882. The fourth-order valence-corrected chi connectivity index (χ4v) is 3.97. The van der Waals surface area contributed by atoms with Gasteiger partial charge in [-0.2, -0.15) is 0 Å². The predicted molar refractivity (Wildman–Crippen MR) is 107 cm³/mol. The van der Waals surface area contributed by atoms with Crippen LogP contribution in [0.15, 0.2) is 48.5 Å². The van der Waals surface area contributed by atoms with Gasteiger partial charge in [-0.1, -0.05) is 18.2 Å². The van der Waals surface area contributed by atoms with Gasteiger partial charge in [0, 0.05) is 43.9 Å². The summed E-state index contributed by atoms with van der Waals surface area (Å²) in [6.45, 7) is 5.83. The van der Waals surface area contributed by atoms with Crippen molar-refractivity contribution >= 4 is 11.6 Å². The van der Waals surface area contributed by atoms with Gasteiger partial charge in [0.05, 0.1) is 18.7 Å². The first-order valence-electron chi connectivity index (χ1n) is 9.88. The van der Waals surface area contributed by atoms with E-state index in [0.29, 0.717) is 6.61 Å². The Morgan fingerprint density at radius 1 is 1.11 bits per heavy atom. The van der Waals surface area contributed by atoms with Crippen molar-refractivity contribution in [2.45, 2.75) is 25.4 Å². The molecular weight excluding hydrogens is 357 g/mol. The summed E-state index contributed by atoms with van der Waals surface area (Å²) in [7, 11) is 0. The van der Waals surface area contributed by atoms with Gasteiger partial charge in [0.2, 0.25) is 5.91 Å². The lowest BCUT2D eigenvalue weighted by molar-refractivity contribution is -0.127. The number of hydrogen-bond donors (Lipinski definition) is 1. The number of para-hydroxylation sites is 1. The number of carbonyl (C=O) groups excluding carboxylic acids is 1. The van der Waals surface area contributed by atoms with Crippen LogP contribution in [0.25, 0.3) is 0 Å². The highest BCUT2D eigenvalue weighted by Crippen LogP contribution is 2.31. The van der Waals surface area contributed by atoms with Crippen LogP contribution in [0.4, 0.5) is 10.1 Å². The molecule has 0 unspecified atom stereocenters. The van der Waals surface area contributed by atoms with Crippen molar-refractivity contribution in [1.82, 2.24) is 10.2 Å². The molecule has 1 saturated heterocycles. The van der Waals surface area contributed by atoms with Gasteiger partial charge in [-0.05, 0) is 37.3 Å². The third-order valence-electron chi connectivity index (χ3n) is 5.71. The standard InChI is InChI=1S/C22H26FN3O2/c1-16(22(27)24-20-10-15-28-21-5-3-2-4-19(20)21)25-11-13-26(14-12-25)18-8-6-17(23)7-9-18/h2-9,16,20H,10-15H2,1H3,(H,24,27)/t16-,20+/m1/s1. The lowest BCUT2D eigenvalue weighted by Gasteiger charge is -2.39. The molecule has 2 aliphatic heterocycles. The van der Waals surface area contributed by atoms with Crippen LogP contribution in [-0.2, 0) is 4.79 Å². The molecule has 0 aromatic heterocycles. The van der Waals surface area contributed by atoms with E-state index in [-0.39, 0.29) is 23.8 Å². The number of piperazine rings is 1. The molecule has 0 spiro atoms. The molecule has 5 nitrogen and oxygen atoms in total. The van der Waals surface area contributed by atoms with E-state index in [4.69, 9.17) is 4.74 Å². The fraction of sp³-hybridized carbons (Fsp3) is 0.409. The van der Waals surface area contributed by atoms with E-state index in [1.165, 1.54) is 12.1 Å². The number of hydrogen-bond acceptors (Lipinski definition) is 4. The van der Waals surface area contributed by atoms with Gasteiger partial charge in [-0.15, -0.1) is 0 Å². The first-order valence-corrected chi connectivity index (χ1v) is 9.88. The molecule has 2 aromatic carbocycles. The van der Waals surface area contributed by atoms with Crippen LogP contribution < -0.4 is 15.0 Å². The monoisotopic (exact) mass is 383 g/mol. The summed E-state index contributed by atoms with van der Waals surface area (Å²) >= 11 is 0. The van der Waals surface area contributed by atoms with Crippen molar-refractivity contribution in [2.75, 3.05) is 37.7 Å². The van der Waals surface area contributed by atoms with Crippen LogP contribution in [0.1, 0.15) is 24.9 Å². The number of halogens is 1. The largest absolute Gasteiger partial charge is 0.493 e. The first kappa shape index (κ1) is 18.7. The molecule has 148 valence electrons. The minimum atomic E-state index is -0.220. The highest BCUT2D eigenvalue weighted by atomic mass is 19.1. The van der Waals surface area contributed by atoms with E-state index < -0.39 is 0 Å². The van der Waals surface area contributed by atoms with E-state index in [9.17, 15) is 9.18 Å². The third-order valence-corrected chi connectivity index (χ3v) is 5.71. The third kappa shape index (κ3) is 3.97. The summed E-state index contributed by atoms with van der Waals surface area (Å²) in [6, 6.07) is 14.3. The van der Waals surface area contributed by atoms with Gasteiger partial charge in [0.1, 0.15) is 11.6 Å². The van der Waals surface area contributed by atoms with Crippen LogP contribution in [0, 0.1) is 5.82 Å². The lowest BCUT2D eigenvalue weighted by Crippen LogP contribution is -2.54. The van der Waals surface area contributed by atoms with Crippen LogP contribution in [0.2, 0.25) is 0 Å². The second-order valence-corrected chi connectivity index (χ2v) is 7.41. The molecule has 2 aromatic rings. The summed E-state index contributed by atoms with van der Waals surface area (Å²) in [5.41, 5.74) is 2.08. The summed E-state index contributed by atoms with van der Waals surface area (Å²) in [4.78, 5) is 17.3. The second kappa shape index (κ2) is 8.19. The Morgan fingerprint density at radius 2 is 1.82 bits per heavy atom. The normalized spacial score (nSPS) is 20.8. The molecule has 0 aliphatic carbocycles. The number of nitrogens with one attached hydrogen (secondary N) is 1. The highest BCUT2D eigenvalue weighted by molar-refractivity contribution is 5.82. The summed E-state index contributed by atoms with van der Waals surface area (Å²) in [5.74, 6) is 0.693. The van der Waals surface area contributed by atoms with Crippen molar-refractivity contribution in [1.29, 1.82) is 0 Å². The van der Waals surface area contributed by atoms with Crippen LogP contribution in [0.5, 0.6) is 5.75 Å². The Labute approximate surface area is 165 Å². The maximum Gasteiger partial charge on any atom is 0.237 e. The number of nitrogens with zero attached hydrogens (tertiary/aromatic N) is 2. The molecule has 2 aliphatic rings. The lowest BCUT2D eigenvalue weighted by atomic mass is 10.00. The maximum absolute atomic E-state index is 13.1. The number of amides is 1. The SMILES string of the molecule is C[C@H](C(=O)N[C@H]1CCOc2ccccc21)N1CCN(c2ccc(F)cc2)CC1. The Hall–Kier alpha value is -2.60. The zero-order valence-corrected chi connectivity index (χ0v) is 16.1. The number of benzene rings is 2. The van der Waals surface area contributed by atoms with E-state index >= 15 is 0 Å². The van der Waals surface area contributed by atoms with E-state index in [1.54, 1.807) is 0 Å². The second-order valence-electron chi connectivity index (χ2n) is 7.41. The Balaban J connectivity index is 1.33. The van der Waals surface area contributed by atoms with Crippen molar-refractivity contribution in [3.8, 4) is 5.75 Å². The van der Waals surface area contributed by atoms with Gasteiger partial charge in [0.15, 0.2) is 0 Å². The topological polar surface area (TPSA) is 44.8 Å². The van der Waals surface area contributed by atoms with Crippen molar-refractivity contribution in [2.24, 2.45) is 0 Å². The summed E-state index contributed by atoms with van der Waals surface area (Å²) in [6.07, 6.45) is 0.786. The maximum atomic E-state index is 13.1. The highest BCUT2D eigenvalue weighted by Gasteiger charge is 2.29. The van der Waals surface area contributed by atoms with Crippen molar-refractivity contribution < 1.29 is 13.9 Å². The van der Waals surface area contributed by atoms with Gasteiger partial charge in [0.25, 0.3) is 0 Å². The molecule has 0 radical (unpaired) electrons. The van der Waals surface area contributed by atoms with E-state index in [2.05, 4.69) is 15.1 Å². The number of ether oxygens (including phenoxy) is 1. The Morgan fingerprint density at radius 3 is 2.57 bits per heavy atom. The summed E-state index contributed by atoms with van der Waals surface area (Å²) in [5, 5.41) is 3.21. The number of carbonyl (C=O) groups is 1. The minimum Gasteiger partial charge on any atom is -0.493 e. The number of fused-ring (bicyclic) bond motifs is 1. The van der Waals surface area contributed by atoms with Crippen LogP contribution >= 0.6 is 0 Å². The summed E-state index contributed by atoms with van der Waals surface area (Å²) < 4.78 is 18.8. The van der Waals surface area contributed by atoms with Crippen molar-refractivity contribution in [3.63, 3.8) is 0 Å². The zero-order valence-electron chi connectivity index (χ0n) is 16.1.